The van der Waals surface area contributed by atoms with Gasteiger partial charge in [-0.3, -0.25) is 0 Å². The predicted molar refractivity (Wildman–Crippen MR) is 77.8 cm³/mol. The van der Waals surface area contributed by atoms with Gasteiger partial charge in [0.05, 0.1) is 6.04 Å². The second kappa shape index (κ2) is 6.36. The van der Waals surface area contributed by atoms with E-state index in [2.05, 4.69) is 73.8 Å². The molecule has 1 nitrogen and oxygen atoms in total. The van der Waals surface area contributed by atoms with Crippen molar-refractivity contribution >= 4 is 0 Å². The van der Waals surface area contributed by atoms with Gasteiger partial charge >= 0.3 is 0 Å². The molecule has 0 bridgehead atoms. The van der Waals surface area contributed by atoms with Crippen LogP contribution in [0.3, 0.4) is 0 Å². The third kappa shape index (κ3) is 3.21. The first-order chi connectivity index (χ1) is 8.81. The third-order valence-electron chi connectivity index (χ3n) is 3.14. The van der Waals surface area contributed by atoms with Crippen molar-refractivity contribution in [1.82, 2.24) is 5.32 Å². The molecule has 0 amide bonds. The first-order valence-corrected chi connectivity index (χ1v) is 6.66. The molecule has 1 heteroatoms. The average Bonchev–Trinajstić information content (AvgIpc) is 2.42. The van der Waals surface area contributed by atoms with Crippen molar-refractivity contribution in [3.8, 4) is 0 Å². The van der Waals surface area contributed by atoms with Gasteiger partial charge in [-0.2, -0.15) is 0 Å². The molecule has 1 atom stereocenters. The van der Waals surface area contributed by atoms with Crippen molar-refractivity contribution in [2.45, 2.75) is 26.3 Å². The van der Waals surface area contributed by atoms with Crippen molar-refractivity contribution in [3.05, 3.63) is 71.3 Å². The Morgan fingerprint density at radius 3 is 2.11 bits per heavy atom. The summed E-state index contributed by atoms with van der Waals surface area (Å²) in [7, 11) is 0. The van der Waals surface area contributed by atoms with Gasteiger partial charge in [0.15, 0.2) is 0 Å². The van der Waals surface area contributed by atoms with E-state index in [1.54, 1.807) is 0 Å². The highest BCUT2D eigenvalue weighted by atomic mass is 14.9. The minimum Gasteiger partial charge on any atom is -0.306 e. The standard InChI is InChI=1S/C17H21N/c1-3-13-18-17(15-7-5-4-6-8-15)16-11-9-14(2)10-12-16/h4-12,17-18H,3,13H2,1-2H3/t17-/m1/s1. The van der Waals surface area contributed by atoms with Gasteiger partial charge < -0.3 is 5.32 Å². The lowest BCUT2D eigenvalue weighted by Crippen LogP contribution is -2.23. The maximum Gasteiger partial charge on any atom is 0.0576 e. The van der Waals surface area contributed by atoms with E-state index in [-0.39, 0.29) is 0 Å². The van der Waals surface area contributed by atoms with Crippen LogP contribution in [0.2, 0.25) is 0 Å². The molecule has 0 fully saturated rings. The molecule has 0 aliphatic heterocycles. The highest BCUT2D eigenvalue weighted by Crippen LogP contribution is 2.22. The van der Waals surface area contributed by atoms with Crippen molar-refractivity contribution in [1.29, 1.82) is 0 Å². The Morgan fingerprint density at radius 1 is 0.889 bits per heavy atom. The van der Waals surface area contributed by atoms with Crippen LogP contribution in [0, 0.1) is 6.92 Å². The number of benzene rings is 2. The summed E-state index contributed by atoms with van der Waals surface area (Å²) in [5, 5.41) is 3.62. The highest BCUT2D eigenvalue weighted by Gasteiger charge is 2.12. The second-order valence-electron chi connectivity index (χ2n) is 4.71. The van der Waals surface area contributed by atoms with Crippen LogP contribution < -0.4 is 5.32 Å². The molecule has 0 spiro atoms. The summed E-state index contributed by atoms with van der Waals surface area (Å²) in [6.45, 7) is 5.36. The van der Waals surface area contributed by atoms with Crippen LogP contribution in [0.1, 0.15) is 36.1 Å². The zero-order valence-electron chi connectivity index (χ0n) is 11.2. The fourth-order valence-electron chi connectivity index (χ4n) is 2.12. The molecule has 0 saturated heterocycles. The zero-order chi connectivity index (χ0) is 12.8. The van der Waals surface area contributed by atoms with Gasteiger partial charge in [0, 0.05) is 0 Å². The van der Waals surface area contributed by atoms with Crippen molar-refractivity contribution in [2.75, 3.05) is 6.54 Å². The Labute approximate surface area is 110 Å². The average molecular weight is 239 g/mol. The Balaban J connectivity index is 2.27. The van der Waals surface area contributed by atoms with Crippen LogP contribution in [0.15, 0.2) is 54.6 Å². The molecule has 0 aliphatic rings. The molecule has 0 heterocycles. The minimum absolute atomic E-state index is 0.298. The van der Waals surface area contributed by atoms with E-state index in [4.69, 9.17) is 0 Å². The number of aryl methyl sites for hydroxylation is 1. The first kappa shape index (κ1) is 12.8. The highest BCUT2D eigenvalue weighted by molar-refractivity contribution is 5.33. The molecule has 18 heavy (non-hydrogen) atoms. The lowest BCUT2D eigenvalue weighted by atomic mass is 9.98. The number of hydrogen-bond acceptors (Lipinski definition) is 1. The minimum atomic E-state index is 0.298. The maximum atomic E-state index is 3.62. The fourth-order valence-corrected chi connectivity index (χ4v) is 2.12. The molecule has 2 aromatic rings. The van der Waals surface area contributed by atoms with Crippen LogP contribution in [0.25, 0.3) is 0 Å². The Bertz CT molecular complexity index is 459. The van der Waals surface area contributed by atoms with Crippen LogP contribution in [-0.2, 0) is 0 Å². The number of nitrogens with one attached hydrogen (secondary N) is 1. The third-order valence-corrected chi connectivity index (χ3v) is 3.14. The lowest BCUT2D eigenvalue weighted by molar-refractivity contribution is 0.598. The summed E-state index contributed by atoms with van der Waals surface area (Å²) in [6, 6.07) is 19.7. The summed E-state index contributed by atoms with van der Waals surface area (Å²) in [5.74, 6) is 0. The van der Waals surface area contributed by atoms with E-state index >= 15 is 0 Å². The normalized spacial score (nSPS) is 12.3. The molecule has 94 valence electrons. The summed E-state index contributed by atoms with van der Waals surface area (Å²) in [4.78, 5) is 0. The summed E-state index contributed by atoms with van der Waals surface area (Å²) in [5.41, 5.74) is 3.97. The van der Waals surface area contributed by atoms with E-state index in [0.29, 0.717) is 6.04 Å². The molecule has 0 aliphatic carbocycles. The van der Waals surface area contributed by atoms with E-state index in [1.165, 1.54) is 16.7 Å². The fraction of sp³-hybridized carbons (Fsp3) is 0.294. The molecule has 0 unspecified atom stereocenters. The Morgan fingerprint density at radius 2 is 1.50 bits per heavy atom. The number of rotatable bonds is 5. The van der Waals surface area contributed by atoms with E-state index < -0.39 is 0 Å². The van der Waals surface area contributed by atoms with E-state index in [0.717, 1.165) is 13.0 Å². The summed E-state index contributed by atoms with van der Waals surface area (Å²) in [6.07, 6.45) is 1.15. The maximum absolute atomic E-state index is 3.62. The van der Waals surface area contributed by atoms with Crippen LogP contribution in [0.4, 0.5) is 0 Å². The predicted octanol–water partition coefficient (Wildman–Crippen LogP) is 4.08. The van der Waals surface area contributed by atoms with Gasteiger partial charge in [0.2, 0.25) is 0 Å². The smallest absolute Gasteiger partial charge is 0.0576 e. The number of hydrogen-bond donors (Lipinski definition) is 1. The van der Waals surface area contributed by atoms with Crippen LogP contribution in [0.5, 0.6) is 0 Å². The van der Waals surface area contributed by atoms with Gasteiger partial charge in [0.25, 0.3) is 0 Å². The van der Waals surface area contributed by atoms with Gasteiger partial charge in [0.1, 0.15) is 0 Å². The molecule has 0 aromatic heterocycles. The van der Waals surface area contributed by atoms with Crippen LogP contribution in [-0.4, -0.2) is 6.54 Å². The largest absolute Gasteiger partial charge is 0.306 e. The Hall–Kier alpha value is -1.60. The van der Waals surface area contributed by atoms with Gasteiger partial charge in [-0.15, -0.1) is 0 Å². The molecule has 2 rings (SSSR count). The first-order valence-electron chi connectivity index (χ1n) is 6.66. The van der Waals surface area contributed by atoms with Crippen molar-refractivity contribution < 1.29 is 0 Å². The molecular weight excluding hydrogens is 218 g/mol. The van der Waals surface area contributed by atoms with Crippen molar-refractivity contribution in [2.24, 2.45) is 0 Å². The quantitative estimate of drug-likeness (QED) is 0.829. The summed E-state index contributed by atoms with van der Waals surface area (Å²) >= 11 is 0. The molecule has 2 aromatic carbocycles. The van der Waals surface area contributed by atoms with Gasteiger partial charge in [-0.05, 0) is 31.0 Å². The Kier molecular flexibility index (Phi) is 4.54. The molecule has 0 saturated carbocycles. The second-order valence-corrected chi connectivity index (χ2v) is 4.71. The topological polar surface area (TPSA) is 12.0 Å². The van der Waals surface area contributed by atoms with E-state index in [9.17, 15) is 0 Å². The lowest BCUT2D eigenvalue weighted by Gasteiger charge is -2.19. The SMILES string of the molecule is CCCN[C@H](c1ccccc1)c1ccc(C)cc1. The monoisotopic (exact) mass is 239 g/mol. The molecular formula is C17H21N. The van der Waals surface area contributed by atoms with Crippen LogP contribution >= 0.6 is 0 Å². The van der Waals surface area contributed by atoms with Gasteiger partial charge in [-0.1, -0.05) is 67.1 Å². The summed E-state index contributed by atoms with van der Waals surface area (Å²) < 4.78 is 0. The molecule has 1 N–H and O–H groups in total. The van der Waals surface area contributed by atoms with Crippen molar-refractivity contribution in [3.63, 3.8) is 0 Å². The van der Waals surface area contributed by atoms with Gasteiger partial charge in [-0.25, -0.2) is 0 Å². The van der Waals surface area contributed by atoms with E-state index in [1.807, 2.05) is 0 Å². The zero-order valence-corrected chi connectivity index (χ0v) is 11.2. The molecule has 0 radical (unpaired) electrons.